The molecule has 0 spiro atoms. The monoisotopic (exact) mass is 260 g/mol. The van der Waals surface area contributed by atoms with Crippen molar-refractivity contribution >= 4 is 5.97 Å². The topological polar surface area (TPSA) is 80.0 Å². The van der Waals surface area contributed by atoms with Crippen molar-refractivity contribution in [1.82, 2.24) is 20.1 Å². The number of aryl methyl sites for hydroxylation is 1. The number of hydrogen-bond acceptors (Lipinski definition) is 4. The van der Waals surface area contributed by atoms with Gasteiger partial charge in [-0.2, -0.15) is 5.10 Å². The van der Waals surface area contributed by atoms with Crippen molar-refractivity contribution in [3.8, 4) is 0 Å². The van der Waals surface area contributed by atoms with Crippen LogP contribution < -0.4 is 5.32 Å². The van der Waals surface area contributed by atoms with Crippen LogP contribution in [-0.4, -0.2) is 32.4 Å². The Labute approximate surface area is 111 Å². The van der Waals surface area contributed by atoms with Crippen LogP contribution in [0.3, 0.4) is 0 Å². The molecule has 2 aromatic rings. The molecule has 6 heteroatoms. The van der Waals surface area contributed by atoms with E-state index < -0.39 is 5.97 Å². The van der Waals surface area contributed by atoms with E-state index in [1.165, 1.54) is 0 Å². The Morgan fingerprint density at radius 3 is 3.00 bits per heavy atom. The third kappa shape index (κ3) is 3.62. The molecule has 0 atom stereocenters. The fraction of sp³-hybridized carbons (Fsp3) is 0.308. The van der Waals surface area contributed by atoms with E-state index in [0.717, 1.165) is 18.7 Å². The number of carboxylic acid groups (broad SMARTS) is 1. The molecule has 0 saturated heterocycles. The van der Waals surface area contributed by atoms with Gasteiger partial charge in [0.1, 0.15) is 0 Å². The smallest absolute Gasteiger partial charge is 0.337 e. The van der Waals surface area contributed by atoms with Crippen LogP contribution in [0, 0.1) is 0 Å². The third-order valence-electron chi connectivity index (χ3n) is 2.74. The summed E-state index contributed by atoms with van der Waals surface area (Å²) in [5.41, 5.74) is 1.80. The molecular formula is C13H16N4O2. The van der Waals surface area contributed by atoms with Crippen LogP contribution in [0.15, 0.2) is 30.6 Å². The van der Waals surface area contributed by atoms with Gasteiger partial charge in [-0.15, -0.1) is 0 Å². The van der Waals surface area contributed by atoms with E-state index >= 15 is 0 Å². The van der Waals surface area contributed by atoms with E-state index in [-0.39, 0.29) is 5.56 Å². The van der Waals surface area contributed by atoms with E-state index in [0.29, 0.717) is 12.2 Å². The lowest BCUT2D eigenvalue weighted by atomic mass is 10.2. The second-order valence-electron chi connectivity index (χ2n) is 4.21. The molecule has 6 nitrogen and oxygen atoms in total. The van der Waals surface area contributed by atoms with Gasteiger partial charge >= 0.3 is 5.97 Å². The summed E-state index contributed by atoms with van der Waals surface area (Å²) in [5.74, 6) is -0.949. The van der Waals surface area contributed by atoms with E-state index in [1.807, 2.05) is 19.3 Å². The van der Waals surface area contributed by atoms with Crippen LogP contribution in [-0.2, 0) is 20.0 Å². The van der Waals surface area contributed by atoms with Crippen molar-refractivity contribution < 1.29 is 9.90 Å². The fourth-order valence-corrected chi connectivity index (χ4v) is 1.79. The summed E-state index contributed by atoms with van der Waals surface area (Å²) in [5, 5.41) is 16.5. The average Bonchev–Trinajstić information content (AvgIpc) is 2.81. The Morgan fingerprint density at radius 2 is 2.32 bits per heavy atom. The lowest BCUT2D eigenvalue weighted by Gasteiger charge is -2.06. The first kappa shape index (κ1) is 13.2. The zero-order valence-electron chi connectivity index (χ0n) is 10.7. The van der Waals surface area contributed by atoms with Crippen molar-refractivity contribution in [2.24, 2.45) is 7.05 Å². The predicted molar refractivity (Wildman–Crippen MR) is 69.8 cm³/mol. The first-order valence-electron chi connectivity index (χ1n) is 6.03. The average molecular weight is 260 g/mol. The Morgan fingerprint density at radius 1 is 1.47 bits per heavy atom. The molecular weight excluding hydrogens is 244 g/mol. The number of carboxylic acids is 1. The highest BCUT2D eigenvalue weighted by Crippen LogP contribution is 2.04. The summed E-state index contributed by atoms with van der Waals surface area (Å²) in [6, 6.07) is 5.15. The van der Waals surface area contributed by atoms with E-state index in [9.17, 15) is 4.79 Å². The molecule has 2 heterocycles. The van der Waals surface area contributed by atoms with Gasteiger partial charge in [0.15, 0.2) is 0 Å². The number of rotatable bonds is 6. The molecule has 0 radical (unpaired) electrons. The van der Waals surface area contributed by atoms with Gasteiger partial charge in [0.05, 0.1) is 17.0 Å². The van der Waals surface area contributed by atoms with Crippen molar-refractivity contribution in [3.63, 3.8) is 0 Å². The zero-order valence-corrected chi connectivity index (χ0v) is 10.7. The molecule has 0 aliphatic carbocycles. The number of pyridine rings is 1. The zero-order chi connectivity index (χ0) is 13.7. The largest absolute Gasteiger partial charge is 0.478 e. The minimum Gasteiger partial charge on any atom is -0.478 e. The van der Waals surface area contributed by atoms with E-state index in [2.05, 4.69) is 15.4 Å². The Balaban J connectivity index is 1.84. The molecule has 2 N–H and O–H groups in total. The predicted octanol–water partition coefficient (Wildman–Crippen LogP) is 0.846. The fourth-order valence-electron chi connectivity index (χ4n) is 1.79. The normalized spacial score (nSPS) is 10.6. The highest BCUT2D eigenvalue weighted by Gasteiger charge is 2.09. The van der Waals surface area contributed by atoms with Gasteiger partial charge in [0.25, 0.3) is 0 Å². The third-order valence-corrected chi connectivity index (χ3v) is 2.74. The van der Waals surface area contributed by atoms with Crippen molar-refractivity contribution in [2.45, 2.75) is 13.0 Å². The molecule has 0 saturated carbocycles. The quantitative estimate of drug-likeness (QED) is 0.752. The number of hydrogen-bond donors (Lipinski definition) is 2. The summed E-state index contributed by atoms with van der Waals surface area (Å²) >= 11 is 0. The van der Waals surface area contributed by atoms with Gasteiger partial charge in [0.2, 0.25) is 0 Å². The number of nitrogens with one attached hydrogen (secondary N) is 1. The Kier molecular flexibility index (Phi) is 4.25. The lowest BCUT2D eigenvalue weighted by Crippen LogP contribution is -2.19. The first-order valence-corrected chi connectivity index (χ1v) is 6.03. The standard InChI is InChI=1S/C13H16N4O2/c1-17-8-5-10(16-17)4-7-14-9-12-11(13(18)19)3-2-6-15-12/h2-3,5-6,8,14H,4,7,9H2,1H3,(H,18,19). The van der Waals surface area contributed by atoms with Gasteiger partial charge in [-0.1, -0.05) is 0 Å². The van der Waals surface area contributed by atoms with Gasteiger partial charge in [-0.05, 0) is 18.2 Å². The summed E-state index contributed by atoms with van der Waals surface area (Å²) in [7, 11) is 1.88. The molecule has 0 bridgehead atoms. The molecule has 0 aliphatic heterocycles. The second kappa shape index (κ2) is 6.10. The first-order chi connectivity index (χ1) is 9.16. The molecule has 100 valence electrons. The maximum atomic E-state index is 11.0. The van der Waals surface area contributed by atoms with Crippen LogP contribution >= 0.6 is 0 Å². The van der Waals surface area contributed by atoms with E-state index in [1.54, 1.807) is 23.0 Å². The minimum absolute atomic E-state index is 0.243. The maximum Gasteiger partial charge on any atom is 0.337 e. The van der Waals surface area contributed by atoms with Crippen LogP contribution in [0.1, 0.15) is 21.7 Å². The summed E-state index contributed by atoms with van der Waals surface area (Å²) in [4.78, 5) is 15.1. The van der Waals surface area contributed by atoms with Gasteiger partial charge in [0, 0.05) is 39.0 Å². The Bertz CT molecular complexity index is 565. The molecule has 0 unspecified atom stereocenters. The van der Waals surface area contributed by atoms with Crippen LogP contribution in [0.5, 0.6) is 0 Å². The molecule has 19 heavy (non-hydrogen) atoms. The summed E-state index contributed by atoms with van der Waals surface area (Å²) in [6.45, 7) is 1.17. The van der Waals surface area contributed by atoms with Crippen molar-refractivity contribution in [2.75, 3.05) is 6.54 Å². The SMILES string of the molecule is Cn1ccc(CCNCc2ncccc2C(=O)O)n1. The molecule has 2 aromatic heterocycles. The molecule has 0 amide bonds. The van der Waals surface area contributed by atoms with Crippen molar-refractivity contribution in [3.05, 3.63) is 47.5 Å². The van der Waals surface area contributed by atoms with E-state index in [4.69, 9.17) is 5.11 Å². The van der Waals surface area contributed by atoms with Gasteiger partial charge < -0.3 is 10.4 Å². The number of aromatic nitrogens is 3. The number of carbonyl (C=O) groups is 1. The number of nitrogens with zero attached hydrogens (tertiary/aromatic N) is 3. The highest BCUT2D eigenvalue weighted by molar-refractivity contribution is 5.88. The van der Waals surface area contributed by atoms with Crippen LogP contribution in [0.4, 0.5) is 0 Å². The summed E-state index contributed by atoms with van der Waals surface area (Å²) < 4.78 is 1.76. The Hall–Kier alpha value is -2.21. The van der Waals surface area contributed by atoms with Crippen LogP contribution in [0.2, 0.25) is 0 Å². The maximum absolute atomic E-state index is 11.0. The second-order valence-corrected chi connectivity index (χ2v) is 4.21. The molecule has 2 rings (SSSR count). The number of aromatic carboxylic acids is 1. The van der Waals surface area contributed by atoms with Crippen LogP contribution in [0.25, 0.3) is 0 Å². The molecule has 0 aliphatic rings. The van der Waals surface area contributed by atoms with Crippen molar-refractivity contribution in [1.29, 1.82) is 0 Å². The van der Waals surface area contributed by atoms with Gasteiger partial charge in [-0.3, -0.25) is 9.67 Å². The molecule has 0 aromatic carbocycles. The lowest BCUT2D eigenvalue weighted by molar-refractivity contribution is 0.0695. The molecule has 0 fully saturated rings. The van der Waals surface area contributed by atoms with Gasteiger partial charge in [-0.25, -0.2) is 4.79 Å². The highest BCUT2D eigenvalue weighted by atomic mass is 16.4. The summed E-state index contributed by atoms with van der Waals surface area (Å²) in [6.07, 6.45) is 4.30. The minimum atomic E-state index is -0.949.